The maximum atomic E-state index is 12.8. The largest absolute Gasteiger partial charge is 0.507 e. The van der Waals surface area contributed by atoms with Gasteiger partial charge in [0.15, 0.2) is 0 Å². The highest BCUT2D eigenvalue weighted by Crippen LogP contribution is 2.33. The summed E-state index contributed by atoms with van der Waals surface area (Å²) >= 11 is 0. The maximum absolute atomic E-state index is 12.8. The van der Waals surface area contributed by atoms with E-state index in [1.54, 1.807) is 17.0 Å². The van der Waals surface area contributed by atoms with Gasteiger partial charge in [0, 0.05) is 37.3 Å². The fourth-order valence-electron chi connectivity index (χ4n) is 4.17. The van der Waals surface area contributed by atoms with Crippen molar-refractivity contribution < 1.29 is 19.4 Å². The molecular formula is C22H24N2O4. The van der Waals surface area contributed by atoms with E-state index in [-0.39, 0.29) is 29.2 Å². The van der Waals surface area contributed by atoms with Crippen molar-refractivity contribution in [3.05, 3.63) is 53.6 Å². The zero-order valence-corrected chi connectivity index (χ0v) is 15.9. The average Bonchev–Trinajstić information content (AvgIpc) is 2.73. The van der Waals surface area contributed by atoms with E-state index in [1.807, 2.05) is 23.1 Å². The second kappa shape index (κ2) is 7.54. The Balaban J connectivity index is 1.47. The smallest absolute Gasteiger partial charge is 0.257 e. The van der Waals surface area contributed by atoms with Crippen LogP contribution in [0.15, 0.2) is 42.5 Å². The second-order valence-electron chi connectivity index (χ2n) is 7.30. The number of hydrogen-bond acceptors (Lipinski definition) is 4. The molecular weight excluding hydrogens is 356 g/mol. The van der Waals surface area contributed by atoms with Crippen molar-refractivity contribution >= 4 is 17.5 Å². The average molecular weight is 380 g/mol. The molecule has 6 nitrogen and oxygen atoms in total. The molecule has 4 rings (SSSR count). The Morgan fingerprint density at radius 2 is 1.86 bits per heavy atom. The first-order chi connectivity index (χ1) is 13.6. The minimum Gasteiger partial charge on any atom is -0.507 e. The molecule has 0 radical (unpaired) electrons. The third-order valence-corrected chi connectivity index (χ3v) is 5.68. The van der Waals surface area contributed by atoms with Gasteiger partial charge in [-0.3, -0.25) is 9.59 Å². The number of nitrogens with zero attached hydrogens (tertiary/aromatic N) is 2. The van der Waals surface area contributed by atoms with E-state index >= 15 is 0 Å². The third-order valence-electron chi connectivity index (χ3n) is 5.68. The number of phenols is 1. The van der Waals surface area contributed by atoms with Crippen molar-refractivity contribution in [1.29, 1.82) is 0 Å². The highest BCUT2D eigenvalue weighted by Gasteiger charge is 2.34. The van der Waals surface area contributed by atoms with Crippen LogP contribution in [0.5, 0.6) is 11.5 Å². The van der Waals surface area contributed by atoms with Gasteiger partial charge in [-0.2, -0.15) is 0 Å². The molecule has 2 amide bonds. The molecule has 0 unspecified atom stereocenters. The van der Waals surface area contributed by atoms with Crippen molar-refractivity contribution in [2.75, 3.05) is 25.1 Å². The number of carbonyl (C=O) groups is 2. The normalized spacial score (nSPS) is 17.4. The molecule has 2 aliphatic rings. The van der Waals surface area contributed by atoms with Crippen molar-refractivity contribution in [2.24, 2.45) is 0 Å². The highest BCUT2D eigenvalue weighted by molar-refractivity contribution is 5.98. The number of piperidine rings is 1. The number of anilines is 1. The van der Waals surface area contributed by atoms with Crippen LogP contribution in [0.2, 0.25) is 0 Å². The van der Waals surface area contributed by atoms with Crippen molar-refractivity contribution in [1.82, 2.24) is 4.90 Å². The summed E-state index contributed by atoms with van der Waals surface area (Å²) in [6.07, 6.45) is 2.78. The van der Waals surface area contributed by atoms with Gasteiger partial charge in [-0.1, -0.05) is 18.2 Å². The summed E-state index contributed by atoms with van der Waals surface area (Å²) < 4.78 is 5.07. The lowest BCUT2D eigenvalue weighted by Crippen LogP contribution is -2.50. The van der Waals surface area contributed by atoms with Gasteiger partial charge in [-0.05, 0) is 43.0 Å². The Morgan fingerprint density at radius 1 is 1.11 bits per heavy atom. The van der Waals surface area contributed by atoms with E-state index < -0.39 is 0 Å². The van der Waals surface area contributed by atoms with Crippen LogP contribution in [0.25, 0.3) is 0 Å². The number of benzene rings is 2. The van der Waals surface area contributed by atoms with Gasteiger partial charge in [-0.15, -0.1) is 0 Å². The molecule has 0 aromatic heterocycles. The van der Waals surface area contributed by atoms with Gasteiger partial charge < -0.3 is 19.6 Å². The molecule has 2 aliphatic heterocycles. The molecule has 1 fully saturated rings. The zero-order chi connectivity index (χ0) is 19.7. The molecule has 2 aromatic carbocycles. The first-order valence-corrected chi connectivity index (χ1v) is 9.64. The van der Waals surface area contributed by atoms with Crippen LogP contribution in [0.1, 0.15) is 35.2 Å². The number of para-hydroxylation sites is 1. The summed E-state index contributed by atoms with van der Waals surface area (Å²) in [5, 5.41) is 10.1. The topological polar surface area (TPSA) is 70.1 Å². The van der Waals surface area contributed by atoms with Crippen molar-refractivity contribution in [3.63, 3.8) is 0 Å². The van der Waals surface area contributed by atoms with Gasteiger partial charge in [0.1, 0.15) is 11.5 Å². The van der Waals surface area contributed by atoms with Crippen molar-refractivity contribution in [2.45, 2.75) is 31.7 Å². The third kappa shape index (κ3) is 3.30. The summed E-state index contributed by atoms with van der Waals surface area (Å²) in [5.41, 5.74) is 2.50. The number of hydrogen-bond donors (Lipinski definition) is 1. The Labute approximate surface area is 164 Å². The van der Waals surface area contributed by atoms with E-state index in [1.165, 1.54) is 18.7 Å². The monoisotopic (exact) mass is 380 g/mol. The summed E-state index contributed by atoms with van der Waals surface area (Å²) in [4.78, 5) is 29.1. The fraction of sp³-hybridized carbons (Fsp3) is 0.364. The lowest BCUT2D eigenvalue weighted by Gasteiger charge is -2.41. The molecule has 0 aliphatic carbocycles. The first kappa shape index (κ1) is 18.3. The van der Waals surface area contributed by atoms with Crippen LogP contribution in [-0.4, -0.2) is 48.1 Å². The van der Waals surface area contributed by atoms with Crippen LogP contribution in [0.4, 0.5) is 5.69 Å². The van der Waals surface area contributed by atoms with E-state index in [0.29, 0.717) is 25.3 Å². The number of carbonyl (C=O) groups excluding carboxylic acids is 2. The molecule has 1 N–H and O–H groups in total. The van der Waals surface area contributed by atoms with Gasteiger partial charge in [0.25, 0.3) is 5.91 Å². The van der Waals surface area contributed by atoms with Crippen LogP contribution < -0.4 is 9.64 Å². The van der Waals surface area contributed by atoms with Gasteiger partial charge >= 0.3 is 0 Å². The molecule has 0 bridgehead atoms. The van der Waals surface area contributed by atoms with Crippen LogP contribution in [-0.2, 0) is 11.2 Å². The number of amides is 2. The van der Waals surface area contributed by atoms with E-state index in [0.717, 1.165) is 24.9 Å². The Bertz CT molecular complexity index is 903. The lowest BCUT2D eigenvalue weighted by molar-refractivity contribution is -0.119. The van der Waals surface area contributed by atoms with Crippen LogP contribution in [0.3, 0.4) is 0 Å². The number of aryl methyl sites for hydroxylation is 1. The van der Waals surface area contributed by atoms with Crippen LogP contribution >= 0.6 is 0 Å². The SMILES string of the molecule is COc1ccc(C(=O)N2CCC(N3C(=O)CCc4ccccc43)CC2)c(O)c1. The van der Waals surface area contributed by atoms with E-state index in [4.69, 9.17) is 4.74 Å². The fourth-order valence-corrected chi connectivity index (χ4v) is 4.17. The molecule has 2 heterocycles. The number of phenolic OH excluding ortho intramolecular Hbond substituents is 1. The number of methoxy groups -OCH3 is 1. The standard InChI is InChI=1S/C22H24N2O4/c1-28-17-7-8-18(20(25)14-17)22(27)23-12-10-16(11-13-23)24-19-5-3-2-4-15(19)6-9-21(24)26/h2-5,7-8,14,16,25H,6,9-13H2,1H3. The van der Waals surface area contributed by atoms with Crippen molar-refractivity contribution in [3.8, 4) is 11.5 Å². The molecule has 28 heavy (non-hydrogen) atoms. The molecule has 0 spiro atoms. The molecule has 2 aromatic rings. The molecule has 0 saturated carbocycles. The Kier molecular flexibility index (Phi) is 4.94. The number of ether oxygens (including phenoxy) is 1. The summed E-state index contributed by atoms with van der Waals surface area (Å²) in [5.74, 6) is 0.405. The molecule has 146 valence electrons. The predicted molar refractivity (Wildman–Crippen MR) is 106 cm³/mol. The van der Waals surface area contributed by atoms with Gasteiger partial charge in [0.2, 0.25) is 5.91 Å². The molecule has 0 atom stereocenters. The Morgan fingerprint density at radius 3 is 2.57 bits per heavy atom. The summed E-state index contributed by atoms with van der Waals surface area (Å²) in [6.45, 7) is 1.11. The molecule has 6 heteroatoms. The highest BCUT2D eigenvalue weighted by atomic mass is 16.5. The first-order valence-electron chi connectivity index (χ1n) is 9.64. The minimum atomic E-state index is -0.191. The summed E-state index contributed by atoms with van der Waals surface area (Å²) in [7, 11) is 1.51. The van der Waals surface area contributed by atoms with Crippen LogP contribution in [0, 0.1) is 0 Å². The molecule has 1 saturated heterocycles. The van der Waals surface area contributed by atoms with Gasteiger partial charge in [0.05, 0.1) is 12.7 Å². The zero-order valence-electron chi connectivity index (χ0n) is 15.9. The predicted octanol–water partition coefficient (Wildman–Crippen LogP) is 2.98. The van der Waals surface area contributed by atoms with E-state index in [9.17, 15) is 14.7 Å². The number of aromatic hydroxyl groups is 1. The second-order valence-corrected chi connectivity index (χ2v) is 7.30. The maximum Gasteiger partial charge on any atom is 0.257 e. The number of likely N-dealkylation sites (tertiary alicyclic amines) is 1. The van der Waals surface area contributed by atoms with E-state index in [2.05, 4.69) is 6.07 Å². The lowest BCUT2D eigenvalue weighted by atomic mass is 9.95. The summed E-state index contributed by atoms with van der Waals surface area (Å²) in [6, 6.07) is 12.9. The number of fused-ring (bicyclic) bond motifs is 1. The number of rotatable bonds is 3. The van der Waals surface area contributed by atoms with Gasteiger partial charge in [-0.25, -0.2) is 0 Å². The minimum absolute atomic E-state index is 0.0772. The quantitative estimate of drug-likeness (QED) is 0.889. The Hall–Kier alpha value is -3.02.